The molecule has 1 saturated carbocycles. The molecule has 1 aromatic rings. The molecule has 1 aliphatic rings. The van der Waals surface area contributed by atoms with Gasteiger partial charge in [-0.1, -0.05) is 12.5 Å². The molecule has 0 atom stereocenters. The average Bonchev–Trinajstić information content (AvgIpc) is 2.28. The summed E-state index contributed by atoms with van der Waals surface area (Å²) in [5.74, 6) is 0.0736. The molecule has 0 saturated heterocycles. The van der Waals surface area contributed by atoms with Crippen LogP contribution in [0.15, 0.2) is 29.2 Å². The van der Waals surface area contributed by atoms with Crippen molar-refractivity contribution in [3.05, 3.63) is 24.3 Å². The molecular formula is C13H18N2OS. The van der Waals surface area contributed by atoms with E-state index in [-0.39, 0.29) is 11.3 Å². The lowest BCUT2D eigenvalue weighted by Gasteiger charge is -2.39. The van der Waals surface area contributed by atoms with Gasteiger partial charge in [0.25, 0.3) is 0 Å². The van der Waals surface area contributed by atoms with Crippen LogP contribution in [0.2, 0.25) is 0 Å². The van der Waals surface area contributed by atoms with Crippen molar-refractivity contribution in [3.63, 3.8) is 0 Å². The van der Waals surface area contributed by atoms with Gasteiger partial charge in [-0.05, 0) is 37.3 Å². The van der Waals surface area contributed by atoms with Crippen molar-refractivity contribution >= 4 is 23.4 Å². The Hall–Kier alpha value is -1.00. The minimum absolute atomic E-state index is 0.0736. The van der Waals surface area contributed by atoms with Gasteiger partial charge in [-0.25, -0.2) is 0 Å². The van der Waals surface area contributed by atoms with E-state index >= 15 is 0 Å². The van der Waals surface area contributed by atoms with E-state index in [1.807, 2.05) is 30.5 Å². The van der Waals surface area contributed by atoms with E-state index in [0.717, 1.165) is 29.8 Å². The third-order valence-electron chi connectivity index (χ3n) is 3.51. The van der Waals surface area contributed by atoms with Crippen LogP contribution >= 0.6 is 11.8 Å². The van der Waals surface area contributed by atoms with Gasteiger partial charge in [0.1, 0.15) is 0 Å². The Bertz CT molecular complexity index is 410. The molecule has 0 aliphatic heterocycles. The van der Waals surface area contributed by atoms with Crippen molar-refractivity contribution in [2.24, 2.45) is 11.1 Å². The Morgan fingerprint density at radius 2 is 2.29 bits per heavy atom. The first-order valence-corrected chi connectivity index (χ1v) is 7.08. The standard InChI is InChI=1S/C13H18N2OS/c1-17-11-5-2-4-10(8-11)15-12(16)13(9-14)6-3-7-13/h2,4-5,8H,3,6-7,9,14H2,1H3,(H,15,16). The largest absolute Gasteiger partial charge is 0.329 e. The number of benzene rings is 1. The van der Waals surface area contributed by atoms with Crippen LogP contribution in [-0.4, -0.2) is 18.7 Å². The first-order valence-electron chi connectivity index (χ1n) is 5.86. The molecule has 4 heteroatoms. The van der Waals surface area contributed by atoms with Crippen LogP contribution in [0, 0.1) is 5.41 Å². The summed E-state index contributed by atoms with van der Waals surface area (Å²) in [6, 6.07) is 7.89. The summed E-state index contributed by atoms with van der Waals surface area (Å²) in [6.07, 6.45) is 4.96. The van der Waals surface area contributed by atoms with Crippen LogP contribution in [0.4, 0.5) is 5.69 Å². The molecule has 0 unspecified atom stereocenters. The summed E-state index contributed by atoms with van der Waals surface area (Å²) in [5.41, 5.74) is 6.27. The summed E-state index contributed by atoms with van der Waals surface area (Å²) in [7, 11) is 0. The van der Waals surface area contributed by atoms with Crippen LogP contribution in [0.1, 0.15) is 19.3 Å². The molecule has 1 aliphatic carbocycles. The highest BCUT2D eigenvalue weighted by Gasteiger charge is 2.42. The topological polar surface area (TPSA) is 55.1 Å². The number of anilines is 1. The highest BCUT2D eigenvalue weighted by molar-refractivity contribution is 7.98. The zero-order chi connectivity index (χ0) is 12.3. The van der Waals surface area contributed by atoms with Crippen LogP contribution in [-0.2, 0) is 4.79 Å². The number of rotatable bonds is 4. The molecule has 1 aromatic carbocycles. The molecule has 0 heterocycles. The van der Waals surface area contributed by atoms with E-state index in [0.29, 0.717) is 6.54 Å². The van der Waals surface area contributed by atoms with Crippen molar-refractivity contribution in [2.75, 3.05) is 18.1 Å². The third-order valence-corrected chi connectivity index (χ3v) is 4.24. The van der Waals surface area contributed by atoms with E-state index in [4.69, 9.17) is 5.73 Å². The number of hydrogen-bond acceptors (Lipinski definition) is 3. The molecule has 3 nitrogen and oxygen atoms in total. The maximum absolute atomic E-state index is 12.1. The van der Waals surface area contributed by atoms with Crippen molar-refractivity contribution < 1.29 is 4.79 Å². The molecule has 17 heavy (non-hydrogen) atoms. The van der Waals surface area contributed by atoms with Crippen LogP contribution in [0.25, 0.3) is 0 Å². The SMILES string of the molecule is CSc1cccc(NC(=O)C2(CN)CCC2)c1. The maximum atomic E-state index is 12.1. The molecule has 0 radical (unpaired) electrons. The van der Waals surface area contributed by atoms with E-state index in [9.17, 15) is 4.79 Å². The molecule has 92 valence electrons. The molecule has 0 bridgehead atoms. The summed E-state index contributed by atoms with van der Waals surface area (Å²) in [5, 5.41) is 2.98. The van der Waals surface area contributed by atoms with Crippen molar-refractivity contribution in [1.82, 2.24) is 0 Å². The van der Waals surface area contributed by atoms with Gasteiger partial charge in [-0.3, -0.25) is 4.79 Å². The number of hydrogen-bond donors (Lipinski definition) is 2. The summed E-state index contributed by atoms with van der Waals surface area (Å²) in [4.78, 5) is 13.3. The fraction of sp³-hybridized carbons (Fsp3) is 0.462. The normalized spacial score (nSPS) is 17.3. The van der Waals surface area contributed by atoms with Gasteiger partial charge in [0.15, 0.2) is 0 Å². The molecule has 1 fully saturated rings. The molecule has 2 rings (SSSR count). The molecular weight excluding hydrogens is 232 g/mol. The summed E-state index contributed by atoms with van der Waals surface area (Å²) >= 11 is 1.67. The van der Waals surface area contributed by atoms with Crippen molar-refractivity contribution in [1.29, 1.82) is 0 Å². The predicted molar refractivity (Wildman–Crippen MR) is 72.2 cm³/mol. The quantitative estimate of drug-likeness (QED) is 0.807. The molecule has 0 aromatic heterocycles. The average molecular weight is 250 g/mol. The highest BCUT2D eigenvalue weighted by Crippen LogP contribution is 2.40. The van der Waals surface area contributed by atoms with Gasteiger partial charge in [0.05, 0.1) is 5.41 Å². The summed E-state index contributed by atoms with van der Waals surface area (Å²) in [6.45, 7) is 0.445. The van der Waals surface area contributed by atoms with Gasteiger partial charge < -0.3 is 11.1 Å². The number of nitrogens with one attached hydrogen (secondary N) is 1. The van der Waals surface area contributed by atoms with Crippen LogP contribution in [0.5, 0.6) is 0 Å². The van der Waals surface area contributed by atoms with Crippen molar-refractivity contribution in [3.8, 4) is 0 Å². The highest BCUT2D eigenvalue weighted by atomic mass is 32.2. The lowest BCUT2D eigenvalue weighted by molar-refractivity contribution is -0.129. The smallest absolute Gasteiger partial charge is 0.231 e. The minimum Gasteiger partial charge on any atom is -0.329 e. The Morgan fingerprint density at radius 1 is 1.53 bits per heavy atom. The number of amides is 1. The van der Waals surface area contributed by atoms with Gasteiger partial charge in [0.2, 0.25) is 5.91 Å². The second-order valence-electron chi connectivity index (χ2n) is 4.52. The van der Waals surface area contributed by atoms with Gasteiger partial charge in [0, 0.05) is 17.1 Å². The van der Waals surface area contributed by atoms with Crippen LogP contribution in [0.3, 0.4) is 0 Å². The molecule has 1 amide bonds. The second kappa shape index (κ2) is 5.10. The van der Waals surface area contributed by atoms with Gasteiger partial charge in [-0.2, -0.15) is 0 Å². The fourth-order valence-electron chi connectivity index (χ4n) is 2.09. The monoisotopic (exact) mass is 250 g/mol. The van der Waals surface area contributed by atoms with Crippen molar-refractivity contribution in [2.45, 2.75) is 24.2 Å². The Kier molecular flexibility index (Phi) is 3.74. The Labute approximate surface area is 106 Å². The molecule has 3 N–H and O–H groups in total. The Balaban J connectivity index is 2.07. The first-order chi connectivity index (χ1) is 8.20. The fourth-order valence-corrected chi connectivity index (χ4v) is 2.55. The number of carbonyl (C=O) groups excluding carboxylic acids is 1. The maximum Gasteiger partial charge on any atom is 0.231 e. The first kappa shape index (κ1) is 12.5. The number of thioether (sulfide) groups is 1. The zero-order valence-electron chi connectivity index (χ0n) is 10.0. The second-order valence-corrected chi connectivity index (χ2v) is 5.40. The lowest BCUT2D eigenvalue weighted by Crippen LogP contribution is -2.47. The van der Waals surface area contributed by atoms with Gasteiger partial charge >= 0.3 is 0 Å². The van der Waals surface area contributed by atoms with Crippen LogP contribution < -0.4 is 11.1 Å². The van der Waals surface area contributed by atoms with Gasteiger partial charge in [-0.15, -0.1) is 11.8 Å². The minimum atomic E-state index is -0.310. The predicted octanol–water partition coefficient (Wildman–Crippen LogP) is 2.48. The summed E-state index contributed by atoms with van der Waals surface area (Å²) < 4.78 is 0. The van der Waals surface area contributed by atoms with E-state index < -0.39 is 0 Å². The molecule has 0 spiro atoms. The lowest BCUT2D eigenvalue weighted by atomic mass is 9.68. The number of nitrogens with two attached hydrogens (primary N) is 1. The van der Waals surface area contributed by atoms with E-state index in [1.54, 1.807) is 11.8 Å². The third kappa shape index (κ3) is 2.48. The number of carbonyl (C=O) groups is 1. The van der Waals surface area contributed by atoms with E-state index in [1.165, 1.54) is 0 Å². The zero-order valence-corrected chi connectivity index (χ0v) is 10.8. The Morgan fingerprint density at radius 3 is 2.82 bits per heavy atom. The van der Waals surface area contributed by atoms with E-state index in [2.05, 4.69) is 5.32 Å².